The number of amides is 1. The molecule has 2 aromatic heterocycles. The van der Waals surface area contributed by atoms with Crippen molar-refractivity contribution in [3.8, 4) is 0 Å². The van der Waals surface area contributed by atoms with Crippen LogP contribution in [0.5, 0.6) is 0 Å². The van der Waals surface area contributed by atoms with Crippen molar-refractivity contribution in [3.05, 3.63) is 35.3 Å². The van der Waals surface area contributed by atoms with Gasteiger partial charge in [-0.25, -0.2) is 22.8 Å². The molecule has 1 spiro atoms. The molecule has 3 aliphatic carbocycles. The largest absolute Gasteiger partial charge is 0.420 e. The fourth-order valence-corrected chi connectivity index (χ4v) is 5.14. The number of alkyl halides is 5. The number of carbonyl (C=O) groups is 1. The molecule has 2 heterocycles. The molecule has 7 nitrogen and oxygen atoms in total. The van der Waals surface area contributed by atoms with Gasteiger partial charge in [-0.1, -0.05) is 0 Å². The van der Waals surface area contributed by atoms with Gasteiger partial charge in [0.2, 0.25) is 0 Å². The Balaban J connectivity index is 1.54. The molecule has 2 atom stereocenters. The molecule has 3 saturated carbocycles. The van der Waals surface area contributed by atoms with E-state index in [2.05, 4.69) is 15.4 Å². The van der Waals surface area contributed by atoms with E-state index in [9.17, 15) is 31.0 Å². The second kappa shape index (κ2) is 6.73. The highest BCUT2D eigenvalue weighted by atomic mass is 32.2. The number of hydrogen-bond acceptors (Lipinski definition) is 5. The lowest BCUT2D eigenvalue weighted by molar-refractivity contribution is -0.138. The predicted molar refractivity (Wildman–Crippen MR) is 107 cm³/mol. The van der Waals surface area contributed by atoms with Crippen molar-refractivity contribution < 1.29 is 31.0 Å². The molecule has 33 heavy (non-hydrogen) atoms. The first kappa shape index (κ1) is 22.2. The number of anilines is 1. The standard InChI is InChI=1S/C20H20F5N5O2S/c1-33(26,32)13-8-11(4-7-27-13)28-17(31)16-14(20(23,24)25)15(10-2-3-10)29-30(16)9-12-18(5-6-18)19(12,21)22/h4,7-8,10,12,26H,2-3,5-6,9H2,1H3,(H,27,28,31)/t12-,33-/m1/s1. The molecule has 0 aliphatic heterocycles. The van der Waals surface area contributed by atoms with Crippen LogP contribution in [-0.2, 0) is 22.5 Å². The van der Waals surface area contributed by atoms with E-state index in [0.717, 1.165) is 17.0 Å². The fourth-order valence-electron chi connectivity index (χ4n) is 4.53. The molecule has 0 saturated heterocycles. The molecule has 178 valence electrons. The average molecular weight is 489 g/mol. The van der Waals surface area contributed by atoms with Crippen molar-refractivity contribution in [2.24, 2.45) is 11.3 Å². The normalized spacial score (nSPS) is 24.4. The summed E-state index contributed by atoms with van der Waals surface area (Å²) in [5, 5.41) is 6.17. The summed E-state index contributed by atoms with van der Waals surface area (Å²) in [5.74, 6) is -5.78. The Kier molecular flexibility index (Phi) is 4.54. The van der Waals surface area contributed by atoms with Crippen molar-refractivity contribution in [1.82, 2.24) is 14.8 Å². The van der Waals surface area contributed by atoms with Crippen LogP contribution in [-0.4, -0.2) is 37.1 Å². The van der Waals surface area contributed by atoms with Gasteiger partial charge in [-0.3, -0.25) is 9.48 Å². The lowest BCUT2D eigenvalue weighted by Gasteiger charge is -2.13. The van der Waals surface area contributed by atoms with Gasteiger partial charge in [-0.15, -0.1) is 0 Å². The molecule has 2 N–H and O–H groups in total. The fraction of sp³-hybridized carbons (Fsp3) is 0.550. The van der Waals surface area contributed by atoms with Crippen molar-refractivity contribution in [2.75, 3.05) is 11.6 Å². The van der Waals surface area contributed by atoms with E-state index in [0.29, 0.717) is 25.7 Å². The molecule has 0 unspecified atom stereocenters. The number of hydrogen-bond donors (Lipinski definition) is 2. The van der Waals surface area contributed by atoms with E-state index in [1.807, 2.05) is 0 Å². The Morgan fingerprint density at radius 2 is 2.00 bits per heavy atom. The first-order valence-corrected chi connectivity index (χ1v) is 12.3. The molecule has 13 heteroatoms. The number of aromatic nitrogens is 3. The second-order valence-electron chi connectivity index (χ2n) is 9.08. The molecular formula is C20H20F5N5O2S. The zero-order chi connectivity index (χ0) is 24.0. The highest BCUT2D eigenvalue weighted by molar-refractivity contribution is 7.91. The number of nitrogens with zero attached hydrogens (tertiary/aromatic N) is 3. The Morgan fingerprint density at radius 3 is 2.52 bits per heavy atom. The van der Waals surface area contributed by atoms with E-state index in [1.165, 1.54) is 12.3 Å². The van der Waals surface area contributed by atoms with Crippen LogP contribution in [0.4, 0.5) is 27.6 Å². The number of carbonyl (C=O) groups excluding carboxylic acids is 1. The summed E-state index contributed by atoms with van der Waals surface area (Å²) < 4.78 is 91.0. The summed E-state index contributed by atoms with van der Waals surface area (Å²) in [6.07, 6.45) is -1.06. The molecule has 0 radical (unpaired) electrons. The lowest BCUT2D eigenvalue weighted by atomic mass is 10.1. The Bertz CT molecular complexity index is 1260. The van der Waals surface area contributed by atoms with Gasteiger partial charge in [0.1, 0.15) is 16.3 Å². The number of pyridine rings is 1. The highest BCUT2D eigenvalue weighted by Gasteiger charge is 2.86. The minimum absolute atomic E-state index is 0.0175. The van der Waals surface area contributed by atoms with Gasteiger partial charge in [0.15, 0.2) is 0 Å². The van der Waals surface area contributed by atoms with Crippen LogP contribution in [0.3, 0.4) is 0 Å². The average Bonchev–Trinajstić information content (AvgIpc) is 3.62. The van der Waals surface area contributed by atoms with Gasteiger partial charge in [0.05, 0.1) is 27.9 Å². The maximum Gasteiger partial charge on any atom is 0.420 e. The van der Waals surface area contributed by atoms with Gasteiger partial charge in [0.25, 0.3) is 11.8 Å². The molecule has 5 rings (SSSR count). The molecular weight excluding hydrogens is 469 g/mol. The summed E-state index contributed by atoms with van der Waals surface area (Å²) in [5.41, 5.74) is -3.51. The number of rotatable bonds is 6. The van der Waals surface area contributed by atoms with Gasteiger partial charge >= 0.3 is 6.18 Å². The monoisotopic (exact) mass is 489 g/mol. The van der Waals surface area contributed by atoms with Gasteiger partial charge in [-0.05, 0) is 37.8 Å². The minimum Gasteiger partial charge on any atom is -0.320 e. The summed E-state index contributed by atoms with van der Waals surface area (Å²) in [4.78, 5) is 16.9. The Morgan fingerprint density at radius 1 is 1.33 bits per heavy atom. The zero-order valence-corrected chi connectivity index (χ0v) is 18.2. The minimum atomic E-state index is -4.91. The summed E-state index contributed by atoms with van der Waals surface area (Å²) in [6.45, 7) is -0.483. The van der Waals surface area contributed by atoms with Crippen molar-refractivity contribution in [3.63, 3.8) is 0 Å². The SMILES string of the molecule is C[S@@](=N)(=O)c1cc(NC(=O)c2c(C(F)(F)F)c(C3CC3)nn2C[C@H]2C(F)(F)C23CC3)ccn1. The van der Waals surface area contributed by atoms with Crippen LogP contribution >= 0.6 is 0 Å². The number of nitrogens with one attached hydrogen (secondary N) is 2. The van der Waals surface area contributed by atoms with E-state index in [-0.39, 0.29) is 16.4 Å². The molecule has 3 fully saturated rings. The predicted octanol–water partition coefficient (Wildman–Crippen LogP) is 4.51. The molecule has 2 aromatic rings. The first-order valence-electron chi connectivity index (χ1n) is 10.3. The molecule has 3 aliphatic rings. The maximum absolute atomic E-state index is 14.3. The van der Waals surface area contributed by atoms with Crippen molar-refractivity contribution in [2.45, 2.75) is 55.3 Å². The molecule has 1 amide bonds. The van der Waals surface area contributed by atoms with Crippen LogP contribution in [0.25, 0.3) is 0 Å². The first-order chi connectivity index (χ1) is 15.3. The van der Waals surface area contributed by atoms with E-state index in [4.69, 9.17) is 4.78 Å². The van der Waals surface area contributed by atoms with Crippen molar-refractivity contribution >= 4 is 21.3 Å². The van der Waals surface area contributed by atoms with Crippen LogP contribution in [0.1, 0.15) is 53.3 Å². The molecule has 0 aromatic carbocycles. The molecule has 0 bridgehead atoms. The van der Waals surface area contributed by atoms with Crippen LogP contribution in [0.2, 0.25) is 0 Å². The number of halogens is 5. The third kappa shape index (κ3) is 3.60. The summed E-state index contributed by atoms with van der Waals surface area (Å²) in [7, 11) is -3.23. The zero-order valence-electron chi connectivity index (χ0n) is 17.4. The highest BCUT2D eigenvalue weighted by Crippen LogP contribution is 2.80. The van der Waals surface area contributed by atoms with E-state index in [1.54, 1.807) is 0 Å². The van der Waals surface area contributed by atoms with Gasteiger partial charge < -0.3 is 5.32 Å². The van der Waals surface area contributed by atoms with Crippen LogP contribution in [0, 0.1) is 16.1 Å². The Hall–Kier alpha value is -2.57. The Labute approximate surface area is 185 Å². The summed E-state index contributed by atoms with van der Waals surface area (Å²) in [6, 6.07) is 2.41. The van der Waals surface area contributed by atoms with Crippen LogP contribution < -0.4 is 5.32 Å². The van der Waals surface area contributed by atoms with Crippen LogP contribution in [0.15, 0.2) is 23.4 Å². The van der Waals surface area contributed by atoms with Gasteiger partial charge in [-0.2, -0.15) is 18.3 Å². The van der Waals surface area contributed by atoms with E-state index >= 15 is 0 Å². The lowest BCUT2D eigenvalue weighted by Crippen LogP contribution is -2.23. The quantitative estimate of drug-likeness (QED) is 0.583. The van der Waals surface area contributed by atoms with E-state index < -0.39 is 62.8 Å². The topological polar surface area (TPSA) is 101 Å². The third-order valence-electron chi connectivity index (χ3n) is 6.66. The van der Waals surface area contributed by atoms with Gasteiger partial charge in [0, 0.05) is 29.5 Å². The second-order valence-corrected chi connectivity index (χ2v) is 11.2. The smallest absolute Gasteiger partial charge is 0.320 e. The summed E-state index contributed by atoms with van der Waals surface area (Å²) >= 11 is 0. The van der Waals surface area contributed by atoms with Crippen molar-refractivity contribution in [1.29, 1.82) is 4.78 Å². The maximum atomic E-state index is 14.3. The third-order valence-corrected chi connectivity index (χ3v) is 7.68.